The van der Waals surface area contributed by atoms with Gasteiger partial charge in [0, 0.05) is 1.43 Å². The van der Waals surface area contributed by atoms with Crippen molar-refractivity contribution < 1.29 is 1.43 Å². The van der Waals surface area contributed by atoms with Crippen LogP contribution in [0.25, 0.3) is 0 Å². The van der Waals surface area contributed by atoms with Crippen molar-refractivity contribution in [1.82, 2.24) is 4.90 Å². The van der Waals surface area contributed by atoms with Gasteiger partial charge in [0.1, 0.15) is 0 Å². The van der Waals surface area contributed by atoms with Crippen LogP contribution in [0.4, 0.5) is 0 Å². The zero-order valence-electron chi connectivity index (χ0n) is 7.69. The zero-order valence-corrected chi connectivity index (χ0v) is 7.69. The van der Waals surface area contributed by atoms with Gasteiger partial charge in [0.25, 0.3) is 0 Å². The second-order valence-electron chi connectivity index (χ2n) is 2.84. The molecule has 0 heterocycles. The van der Waals surface area contributed by atoms with Gasteiger partial charge in [0.05, 0.1) is 0 Å². The first-order chi connectivity index (χ1) is 4.85. The van der Waals surface area contributed by atoms with Crippen molar-refractivity contribution in [3.8, 4) is 0 Å². The molecule has 0 radical (unpaired) electrons. The molecule has 0 fully saturated rings. The molecule has 0 amide bonds. The van der Waals surface area contributed by atoms with Gasteiger partial charge >= 0.3 is 0 Å². The topological polar surface area (TPSA) is 3.24 Å². The van der Waals surface area contributed by atoms with E-state index in [0.717, 1.165) is 0 Å². The Kier molecular flexibility index (Phi) is 7.04. The van der Waals surface area contributed by atoms with Crippen molar-refractivity contribution in [3.63, 3.8) is 0 Å². The minimum atomic E-state index is 0. The lowest BCUT2D eigenvalue weighted by atomic mass is 10.3. The molecule has 0 saturated carbocycles. The minimum absolute atomic E-state index is 0. The Morgan fingerprint density at radius 1 is 0.800 bits per heavy atom. The quantitative estimate of drug-likeness (QED) is 0.555. The second kappa shape index (κ2) is 7.07. The Morgan fingerprint density at radius 3 is 1.30 bits per heavy atom. The second-order valence-corrected chi connectivity index (χ2v) is 2.84. The molecule has 0 aliphatic rings. The molecule has 0 aromatic heterocycles. The highest BCUT2D eigenvalue weighted by Gasteiger charge is 1.98. The molecule has 0 unspecified atom stereocenters. The summed E-state index contributed by atoms with van der Waals surface area (Å²) in [5.41, 5.74) is 0. The van der Waals surface area contributed by atoms with E-state index >= 15 is 0 Å². The monoisotopic (exact) mass is 145 g/mol. The van der Waals surface area contributed by atoms with Gasteiger partial charge in [-0.05, 0) is 38.9 Å². The van der Waals surface area contributed by atoms with Crippen LogP contribution in [-0.4, -0.2) is 24.5 Å². The molecule has 0 spiro atoms. The highest BCUT2D eigenvalue weighted by Crippen LogP contribution is 1.94. The summed E-state index contributed by atoms with van der Waals surface area (Å²) >= 11 is 0. The van der Waals surface area contributed by atoms with E-state index in [9.17, 15) is 0 Å². The van der Waals surface area contributed by atoms with E-state index in [4.69, 9.17) is 0 Å². The lowest BCUT2D eigenvalue weighted by Crippen LogP contribution is -2.25. The van der Waals surface area contributed by atoms with Gasteiger partial charge in [-0.25, -0.2) is 0 Å². The summed E-state index contributed by atoms with van der Waals surface area (Å²) < 4.78 is 0. The molecule has 0 saturated heterocycles. The maximum absolute atomic E-state index is 2.54. The van der Waals surface area contributed by atoms with Crippen molar-refractivity contribution in [1.29, 1.82) is 0 Å². The fraction of sp³-hybridized carbons (Fsp3) is 1.00. The SMILES string of the molecule is CCCN(CCC)CCC.[HH]. The molecule has 10 heavy (non-hydrogen) atoms. The van der Waals surface area contributed by atoms with Crippen molar-refractivity contribution in [2.24, 2.45) is 0 Å². The van der Waals surface area contributed by atoms with E-state index in [-0.39, 0.29) is 1.43 Å². The molecule has 0 aromatic rings. The van der Waals surface area contributed by atoms with Crippen LogP contribution in [0.5, 0.6) is 0 Å². The van der Waals surface area contributed by atoms with E-state index in [1.165, 1.54) is 38.9 Å². The molecule has 1 nitrogen and oxygen atoms in total. The summed E-state index contributed by atoms with van der Waals surface area (Å²) in [6, 6.07) is 0. The predicted molar refractivity (Wildman–Crippen MR) is 49.4 cm³/mol. The zero-order chi connectivity index (χ0) is 7.82. The summed E-state index contributed by atoms with van der Waals surface area (Å²) in [5.74, 6) is 0. The van der Waals surface area contributed by atoms with Crippen LogP contribution >= 0.6 is 0 Å². The number of rotatable bonds is 6. The number of hydrogen-bond donors (Lipinski definition) is 0. The summed E-state index contributed by atoms with van der Waals surface area (Å²) in [5, 5.41) is 0. The standard InChI is InChI=1S/C9H21N.H2/c1-4-7-10(8-5-2)9-6-3;/h4-9H2,1-3H3;1H. The van der Waals surface area contributed by atoms with Crippen LogP contribution in [0.2, 0.25) is 0 Å². The van der Waals surface area contributed by atoms with Crippen molar-refractivity contribution >= 4 is 0 Å². The molecule has 1 heteroatoms. The highest BCUT2D eigenvalue weighted by atomic mass is 15.1. The van der Waals surface area contributed by atoms with Crippen molar-refractivity contribution in [3.05, 3.63) is 0 Å². The lowest BCUT2D eigenvalue weighted by Gasteiger charge is -2.19. The van der Waals surface area contributed by atoms with E-state index in [1.54, 1.807) is 0 Å². The van der Waals surface area contributed by atoms with Gasteiger partial charge < -0.3 is 4.90 Å². The summed E-state index contributed by atoms with van der Waals surface area (Å²) in [4.78, 5) is 2.54. The van der Waals surface area contributed by atoms with Gasteiger partial charge in [-0.2, -0.15) is 0 Å². The van der Waals surface area contributed by atoms with Gasteiger partial charge in [-0.1, -0.05) is 20.8 Å². The van der Waals surface area contributed by atoms with Crippen molar-refractivity contribution in [2.75, 3.05) is 19.6 Å². The Bertz CT molecular complexity index is 52.3. The number of hydrogen-bond acceptors (Lipinski definition) is 1. The Balaban J connectivity index is 0. The van der Waals surface area contributed by atoms with E-state index in [0.29, 0.717) is 0 Å². The molecule has 0 rings (SSSR count). The maximum Gasteiger partial charge on any atom is 0 e. The molecule has 0 aromatic carbocycles. The summed E-state index contributed by atoms with van der Waals surface area (Å²) in [7, 11) is 0. The Hall–Kier alpha value is -0.0400. The average Bonchev–Trinajstić information content (AvgIpc) is 1.90. The number of nitrogens with zero attached hydrogens (tertiary/aromatic N) is 1. The third-order valence-electron chi connectivity index (χ3n) is 1.62. The van der Waals surface area contributed by atoms with Crippen LogP contribution in [0.15, 0.2) is 0 Å². The van der Waals surface area contributed by atoms with E-state index in [2.05, 4.69) is 25.7 Å². The van der Waals surface area contributed by atoms with Crippen molar-refractivity contribution in [2.45, 2.75) is 40.0 Å². The first-order valence-corrected chi connectivity index (χ1v) is 4.57. The molecular formula is C9H23N. The van der Waals surface area contributed by atoms with Gasteiger partial charge in [0.15, 0.2) is 0 Å². The van der Waals surface area contributed by atoms with Crippen LogP contribution in [0, 0.1) is 0 Å². The molecule has 0 bridgehead atoms. The van der Waals surface area contributed by atoms with Gasteiger partial charge in [-0.3, -0.25) is 0 Å². The van der Waals surface area contributed by atoms with Crippen LogP contribution in [0.3, 0.4) is 0 Å². The van der Waals surface area contributed by atoms with Crippen LogP contribution in [0.1, 0.15) is 41.5 Å². The Morgan fingerprint density at radius 2 is 1.10 bits per heavy atom. The van der Waals surface area contributed by atoms with E-state index in [1.807, 2.05) is 0 Å². The normalized spacial score (nSPS) is 10.8. The average molecular weight is 145 g/mol. The molecular weight excluding hydrogens is 122 g/mol. The van der Waals surface area contributed by atoms with Gasteiger partial charge in [0.2, 0.25) is 0 Å². The smallest absolute Gasteiger partial charge is 0 e. The fourth-order valence-corrected chi connectivity index (χ4v) is 1.28. The molecule has 0 aliphatic carbocycles. The first-order valence-electron chi connectivity index (χ1n) is 4.57. The molecule has 0 N–H and O–H groups in total. The third kappa shape index (κ3) is 4.80. The fourth-order valence-electron chi connectivity index (χ4n) is 1.28. The largest absolute Gasteiger partial charge is 0.303 e. The van der Waals surface area contributed by atoms with Crippen LogP contribution < -0.4 is 0 Å². The van der Waals surface area contributed by atoms with E-state index < -0.39 is 0 Å². The molecule has 64 valence electrons. The highest BCUT2D eigenvalue weighted by molar-refractivity contribution is 4.53. The molecule has 0 aliphatic heterocycles. The Labute approximate surface area is 66.9 Å². The third-order valence-corrected chi connectivity index (χ3v) is 1.62. The molecule has 0 atom stereocenters. The summed E-state index contributed by atoms with van der Waals surface area (Å²) in [6.45, 7) is 10.6. The van der Waals surface area contributed by atoms with Gasteiger partial charge in [-0.15, -0.1) is 0 Å². The van der Waals surface area contributed by atoms with Crippen LogP contribution in [-0.2, 0) is 0 Å². The lowest BCUT2D eigenvalue weighted by molar-refractivity contribution is 0.275. The maximum atomic E-state index is 2.54. The predicted octanol–water partition coefficient (Wildman–Crippen LogP) is 2.76. The first kappa shape index (κ1) is 9.96. The summed E-state index contributed by atoms with van der Waals surface area (Å²) in [6.07, 6.45) is 3.88. The minimum Gasteiger partial charge on any atom is -0.303 e.